The molecule has 3 N–H and O–H groups in total. The van der Waals surface area contributed by atoms with Crippen molar-refractivity contribution in [2.45, 2.75) is 231 Å². The lowest BCUT2D eigenvalue weighted by Crippen LogP contribution is -2.27. The van der Waals surface area contributed by atoms with Crippen LogP contribution in [0.2, 0.25) is 0 Å². The van der Waals surface area contributed by atoms with Gasteiger partial charge >= 0.3 is 11.9 Å². The van der Waals surface area contributed by atoms with Crippen molar-refractivity contribution in [1.29, 1.82) is 0 Å². The Morgan fingerprint density at radius 3 is 1.43 bits per heavy atom. The molecule has 2 fully saturated rings. The molecule has 15 heteroatoms. The first-order valence-electron chi connectivity index (χ1n) is 28.6. The van der Waals surface area contributed by atoms with Crippen molar-refractivity contribution in [1.82, 2.24) is 0 Å². The van der Waals surface area contributed by atoms with Crippen LogP contribution >= 0.6 is 0 Å². The van der Waals surface area contributed by atoms with Gasteiger partial charge in [0.2, 0.25) is 0 Å². The second-order valence-corrected chi connectivity index (χ2v) is 22.4. The van der Waals surface area contributed by atoms with Crippen LogP contribution in [0.1, 0.15) is 188 Å². The van der Waals surface area contributed by atoms with Gasteiger partial charge in [-0.1, -0.05) is 107 Å². The number of aliphatic hydroxyl groups excluding tert-OH is 3. The first-order valence-corrected chi connectivity index (χ1v) is 30.0. The third kappa shape index (κ3) is 30.9. The molecule has 1 aromatic rings. The second kappa shape index (κ2) is 41.4. The van der Waals surface area contributed by atoms with Gasteiger partial charge in [0.05, 0.1) is 67.9 Å². The number of ether oxygens (including phenoxy) is 6. The van der Waals surface area contributed by atoms with Gasteiger partial charge in [0.15, 0.2) is 0 Å². The van der Waals surface area contributed by atoms with E-state index >= 15 is 0 Å². The summed E-state index contributed by atoms with van der Waals surface area (Å²) in [6.07, 6.45) is 25.0. The van der Waals surface area contributed by atoms with Crippen molar-refractivity contribution in [3.63, 3.8) is 0 Å². The summed E-state index contributed by atoms with van der Waals surface area (Å²) in [5.41, 5.74) is 0.962. The second-order valence-electron chi connectivity index (χ2n) is 20.9. The number of benzene rings is 1. The summed E-state index contributed by atoms with van der Waals surface area (Å²) in [6.45, 7) is 18.4. The Balaban J connectivity index is 0.000000526. The van der Waals surface area contributed by atoms with Gasteiger partial charge in [0, 0.05) is 45.7 Å². The molecule has 0 spiro atoms. The van der Waals surface area contributed by atoms with E-state index in [0.717, 1.165) is 63.7 Å². The molecule has 0 amide bonds. The Hall–Kier alpha value is -2.73. The summed E-state index contributed by atoms with van der Waals surface area (Å²) < 4.78 is 65.0. The third-order valence-corrected chi connectivity index (χ3v) is 15.0. The maximum Gasteiger partial charge on any atom is 0.306 e. The van der Waals surface area contributed by atoms with E-state index in [-0.39, 0.29) is 59.1 Å². The highest BCUT2D eigenvalue weighted by Gasteiger charge is 2.44. The fraction of sp³-hybridized carbons (Fsp3) is 0.797. The Morgan fingerprint density at radius 1 is 0.541 bits per heavy atom. The van der Waals surface area contributed by atoms with E-state index in [4.69, 9.17) is 32.6 Å². The van der Waals surface area contributed by atoms with E-state index in [1.165, 1.54) is 51.4 Å². The number of aliphatic hydroxyl groups is 3. The van der Waals surface area contributed by atoms with E-state index < -0.39 is 34.5 Å². The van der Waals surface area contributed by atoms with Gasteiger partial charge in [-0.2, -0.15) is 8.42 Å². The largest absolute Gasteiger partial charge is 0.463 e. The molecule has 0 heterocycles. The number of hydrogen-bond donors (Lipinski definition) is 3. The van der Waals surface area contributed by atoms with E-state index in [2.05, 4.69) is 26.0 Å². The zero-order chi connectivity index (χ0) is 54.4. The van der Waals surface area contributed by atoms with Gasteiger partial charge in [-0.05, 0) is 141 Å². The summed E-state index contributed by atoms with van der Waals surface area (Å²) in [7, 11) is -3.98. The van der Waals surface area contributed by atoms with Gasteiger partial charge in [-0.25, -0.2) is 0 Å². The van der Waals surface area contributed by atoms with Gasteiger partial charge in [0.25, 0.3) is 10.1 Å². The molecule has 74 heavy (non-hydrogen) atoms. The maximum absolute atomic E-state index is 13.1. The molecule has 2 aliphatic rings. The smallest absolute Gasteiger partial charge is 0.306 e. The first kappa shape index (κ1) is 67.4. The van der Waals surface area contributed by atoms with Crippen LogP contribution in [0, 0.1) is 30.6 Å². The molecule has 1 aromatic carbocycles. The van der Waals surface area contributed by atoms with Crippen molar-refractivity contribution >= 4 is 22.1 Å². The standard InChI is InChI=1S/C33H54O8S.C26H48O6/c1-5-6-7-10-13-21-38-23-24-39-22-20-30-29(14-11-8-9-12-15-33(35)40-26(2)3)31(34)25-32(30)41-42(36,37)28-18-16-27(4)17-19-28;1-4-5-6-9-12-16-30-18-19-31-17-15-23-22(24(27)20-25(23)28)13-10-7-8-11-14-26(29)32-21(2)3/h8,11,16-19,26,29-32,34H,5-7,9-10,12-15,20-25H2,1-4H3;7,10,21-25,27-28H,4-6,8-9,11-20H2,1-3H3/b11-8-;10-7-/t29-,30-,31+,32-;22-,23-,24+,25-/m11/s1. The number of hydrogen-bond acceptors (Lipinski definition) is 14. The van der Waals surface area contributed by atoms with Gasteiger partial charge in [-0.15, -0.1) is 0 Å². The maximum atomic E-state index is 13.1. The van der Waals surface area contributed by atoms with Crippen LogP contribution < -0.4 is 0 Å². The zero-order valence-electron chi connectivity index (χ0n) is 46.8. The van der Waals surface area contributed by atoms with Gasteiger partial charge in [0.1, 0.15) is 0 Å². The van der Waals surface area contributed by atoms with Crippen molar-refractivity contribution in [2.24, 2.45) is 23.7 Å². The molecule has 0 saturated heterocycles. The fourth-order valence-electron chi connectivity index (χ4n) is 9.63. The minimum Gasteiger partial charge on any atom is -0.463 e. The van der Waals surface area contributed by atoms with Crippen molar-refractivity contribution in [2.75, 3.05) is 52.9 Å². The molecule has 8 atom stereocenters. The summed E-state index contributed by atoms with van der Waals surface area (Å²) in [6, 6.07) is 6.59. The van der Waals surface area contributed by atoms with Crippen LogP contribution in [0.3, 0.4) is 0 Å². The van der Waals surface area contributed by atoms with Crippen LogP contribution in [-0.4, -0.2) is 125 Å². The molecule has 428 valence electrons. The molecule has 0 aromatic heterocycles. The lowest BCUT2D eigenvalue weighted by atomic mass is 9.88. The highest BCUT2D eigenvalue weighted by molar-refractivity contribution is 7.86. The van der Waals surface area contributed by atoms with E-state index in [1.54, 1.807) is 24.3 Å². The van der Waals surface area contributed by atoms with Crippen LogP contribution in [0.15, 0.2) is 53.5 Å². The molecule has 2 saturated carbocycles. The molecule has 2 aliphatic carbocycles. The number of allylic oxidation sites excluding steroid dienone is 4. The summed E-state index contributed by atoms with van der Waals surface area (Å²) >= 11 is 0. The fourth-order valence-corrected chi connectivity index (χ4v) is 10.8. The quantitative estimate of drug-likeness (QED) is 0.0243. The Labute approximate surface area is 448 Å². The molecule has 0 unspecified atom stereocenters. The minimum atomic E-state index is -3.98. The lowest BCUT2D eigenvalue weighted by molar-refractivity contribution is -0.148. The van der Waals surface area contributed by atoms with Crippen LogP contribution in [0.25, 0.3) is 0 Å². The van der Waals surface area contributed by atoms with E-state index in [9.17, 15) is 33.3 Å². The average Bonchev–Trinajstić information content (AvgIpc) is 3.78. The average molecular weight is 1070 g/mol. The Kier molecular flexibility index (Phi) is 37.7. The predicted octanol–water partition coefficient (Wildman–Crippen LogP) is 11.3. The first-order chi connectivity index (χ1) is 35.6. The van der Waals surface area contributed by atoms with Crippen LogP contribution in [0.4, 0.5) is 0 Å². The summed E-state index contributed by atoms with van der Waals surface area (Å²) in [5, 5.41) is 31.6. The molecule has 0 radical (unpaired) electrons. The Bertz CT molecular complexity index is 1730. The third-order valence-electron chi connectivity index (χ3n) is 13.7. The van der Waals surface area contributed by atoms with E-state index in [1.807, 2.05) is 46.8 Å². The summed E-state index contributed by atoms with van der Waals surface area (Å²) in [5.74, 6) is -0.596. The lowest BCUT2D eigenvalue weighted by Gasteiger charge is -2.24. The van der Waals surface area contributed by atoms with Gasteiger partial charge < -0.3 is 43.7 Å². The van der Waals surface area contributed by atoms with E-state index in [0.29, 0.717) is 78.2 Å². The van der Waals surface area contributed by atoms with Gasteiger partial charge in [-0.3, -0.25) is 13.8 Å². The number of rotatable bonds is 41. The normalized spacial score (nSPS) is 22.1. The topological polar surface area (TPSA) is 194 Å². The monoisotopic (exact) mass is 1070 g/mol. The number of unbranched alkanes of at least 4 members (excludes halogenated alkanes) is 10. The van der Waals surface area contributed by atoms with Crippen molar-refractivity contribution < 1.29 is 65.9 Å². The number of esters is 2. The molecule has 14 nitrogen and oxygen atoms in total. The van der Waals surface area contributed by atoms with Crippen LogP contribution in [-0.2, 0) is 52.3 Å². The zero-order valence-corrected chi connectivity index (χ0v) is 47.7. The number of aryl methyl sites for hydroxylation is 1. The van der Waals surface area contributed by atoms with Crippen molar-refractivity contribution in [3.8, 4) is 0 Å². The Morgan fingerprint density at radius 2 is 0.959 bits per heavy atom. The molecule has 3 rings (SSSR count). The van der Waals surface area contributed by atoms with Crippen LogP contribution in [0.5, 0.6) is 0 Å². The summed E-state index contributed by atoms with van der Waals surface area (Å²) in [4.78, 5) is 23.4. The highest BCUT2D eigenvalue weighted by Crippen LogP contribution is 2.41. The number of carbonyl (C=O) groups excluding carboxylic acids is 2. The highest BCUT2D eigenvalue weighted by atomic mass is 32.2. The SMILES string of the molecule is CCCCCCCOCCOCC[C@@H]1[C@@H](C/C=C\CCCC(=O)OC(C)C)[C@@H](O)C[C@H]1O.CCCCCCCOCCOCC[C@@H]1[C@@H](C/C=C\CCCC(=O)OC(C)C)[C@@H](O)C[C@H]1OS(=O)(=O)c1ccc(C)cc1. The molecule has 0 aliphatic heterocycles. The van der Waals surface area contributed by atoms with Crippen molar-refractivity contribution in [3.05, 3.63) is 54.1 Å². The minimum absolute atomic E-state index is 0.0510. The number of carbonyl (C=O) groups is 2. The predicted molar refractivity (Wildman–Crippen MR) is 292 cm³/mol. The molecule has 0 bridgehead atoms. The molecular formula is C59H102O14S. The molecular weight excluding hydrogens is 965 g/mol.